The number of benzene rings is 1. The van der Waals surface area contributed by atoms with Crippen LogP contribution in [0.15, 0.2) is 67.3 Å². The van der Waals surface area contributed by atoms with E-state index in [0.29, 0.717) is 13.1 Å². The number of carbonyl (C=O) groups is 1. The number of aromatic nitrogens is 2. The second-order valence-electron chi connectivity index (χ2n) is 10.4. The first-order valence-electron chi connectivity index (χ1n) is 13.7. The molecule has 1 unspecified atom stereocenters. The zero-order chi connectivity index (χ0) is 29.4. The van der Waals surface area contributed by atoms with Crippen LogP contribution in [0.5, 0.6) is 0 Å². The molecular formula is C31H37Cl2N7O. The Labute approximate surface area is 252 Å². The van der Waals surface area contributed by atoms with E-state index in [-0.39, 0.29) is 27.6 Å². The minimum Gasteiger partial charge on any atom is -0.339 e. The van der Waals surface area contributed by atoms with Crippen molar-refractivity contribution in [3.8, 4) is 0 Å². The number of nitrogens with one attached hydrogen (secondary N) is 2. The van der Waals surface area contributed by atoms with Gasteiger partial charge in [-0.2, -0.15) is 0 Å². The normalized spacial score (nSPS) is 14.4. The summed E-state index contributed by atoms with van der Waals surface area (Å²) >= 11 is 12.5. The maximum Gasteiger partial charge on any atom is 0.257 e. The zero-order valence-corrected chi connectivity index (χ0v) is 25.1. The highest BCUT2D eigenvalue weighted by Crippen LogP contribution is 2.33. The molecule has 1 aliphatic rings. The fourth-order valence-corrected chi connectivity index (χ4v) is 5.70. The molecule has 0 radical (unpaired) electrons. The number of likely N-dealkylation sites (N-methyl/N-ethyl adjacent to an activating group) is 1. The van der Waals surface area contributed by atoms with Crippen LogP contribution >= 0.6 is 23.2 Å². The van der Waals surface area contributed by atoms with Crippen LogP contribution in [0.4, 0.5) is 0 Å². The fourth-order valence-electron chi connectivity index (χ4n) is 5.17. The molecule has 216 valence electrons. The molecule has 1 atom stereocenters. The molecule has 2 aromatic heterocycles. The van der Waals surface area contributed by atoms with E-state index < -0.39 is 0 Å². The molecule has 10 heteroatoms. The van der Waals surface area contributed by atoms with E-state index in [0.717, 1.165) is 50.2 Å². The Morgan fingerprint density at radius 2 is 1.88 bits per heavy atom. The van der Waals surface area contributed by atoms with Crippen molar-refractivity contribution in [1.82, 2.24) is 30.0 Å². The monoisotopic (exact) mass is 593 g/mol. The Balaban J connectivity index is 1.49. The first-order valence-corrected chi connectivity index (χ1v) is 14.5. The van der Waals surface area contributed by atoms with Crippen molar-refractivity contribution in [2.24, 2.45) is 0 Å². The van der Waals surface area contributed by atoms with Gasteiger partial charge in [0, 0.05) is 71.1 Å². The van der Waals surface area contributed by atoms with Crippen molar-refractivity contribution in [3.05, 3.63) is 105 Å². The third-order valence-corrected chi connectivity index (χ3v) is 7.99. The van der Waals surface area contributed by atoms with Crippen LogP contribution in [0.3, 0.4) is 0 Å². The summed E-state index contributed by atoms with van der Waals surface area (Å²) < 4.78 is 0. The number of halogens is 2. The average Bonchev–Trinajstić information content (AvgIpc) is 2.97. The lowest BCUT2D eigenvalue weighted by atomic mass is 9.90. The zero-order valence-electron chi connectivity index (χ0n) is 23.6. The average molecular weight is 595 g/mol. The van der Waals surface area contributed by atoms with Crippen molar-refractivity contribution < 1.29 is 4.79 Å². The molecule has 1 aliphatic carbocycles. The second-order valence-corrected chi connectivity index (χ2v) is 11.2. The number of rotatable bonds is 13. The Hall–Kier alpha value is -3.30. The van der Waals surface area contributed by atoms with Gasteiger partial charge in [-0.3, -0.25) is 25.1 Å². The summed E-state index contributed by atoms with van der Waals surface area (Å²) in [6.45, 7) is 7.42. The Kier molecular flexibility index (Phi) is 10.9. The molecule has 1 amide bonds. The molecular weight excluding hydrogens is 557 g/mol. The minimum absolute atomic E-state index is 0.220. The molecule has 0 saturated carbocycles. The van der Waals surface area contributed by atoms with Gasteiger partial charge in [-0.25, -0.2) is 0 Å². The van der Waals surface area contributed by atoms with Gasteiger partial charge in [-0.1, -0.05) is 60.1 Å². The highest BCUT2D eigenvalue weighted by atomic mass is 35.5. The van der Waals surface area contributed by atoms with Gasteiger partial charge < -0.3 is 15.1 Å². The predicted molar refractivity (Wildman–Crippen MR) is 165 cm³/mol. The number of pyridine rings is 2. The Morgan fingerprint density at radius 1 is 1.15 bits per heavy atom. The molecule has 0 bridgehead atoms. The van der Waals surface area contributed by atoms with Gasteiger partial charge in [0.25, 0.3) is 5.91 Å². The molecule has 2 heterocycles. The SMILES string of the molecule is C=C(CNCCN(Cc1cccc(CN(C)C(=O)c2c(Cl)cncc2Cl)c1)C1CCCc2cccnc21)N(C)C=N. The number of hydrogen-bond donors (Lipinski definition) is 2. The second kappa shape index (κ2) is 14.5. The highest BCUT2D eigenvalue weighted by Gasteiger charge is 2.27. The van der Waals surface area contributed by atoms with Crippen LogP contribution in [-0.4, -0.2) is 70.6 Å². The van der Waals surface area contributed by atoms with Crippen molar-refractivity contribution in [2.45, 2.75) is 38.4 Å². The number of amides is 1. The standard InChI is InChI=1S/C31H37Cl2N7O/c1-22(39(3)21-34)16-35-13-14-40(28-11-5-9-25-10-6-12-37-30(25)28)20-24-8-4-7-23(15-24)19-38(2)31(41)29-26(32)17-36-18-27(29)33/h4,6-8,10,12,15,17-18,21,28,34-35H,1,5,9,11,13-14,16,19-20H2,2-3H3. The topological polar surface area (TPSA) is 88.4 Å². The summed E-state index contributed by atoms with van der Waals surface area (Å²) in [7, 11) is 3.57. The van der Waals surface area contributed by atoms with E-state index >= 15 is 0 Å². The molecule has 1 aromatic carbocycles. The van der Waals surface area contributed by atoms with Crippen molar-refractivity contribution in [2.75, 3.05) is 33.7 Å². The van der Waals surface area contributed by atoms with Gasteiger partial charge in [-0.05, 0) is 42.0 Å². The van der Waals surface area contributed by atoms with E-state index in [1.54, 1.807) is 16.8 Å². The first-order chi connectivity index (χ1) is 19.8. The number of carbonyl (C=O) groups excluding carboxylic acids is 1. The van der Waals surface area contributed by atoms with Crippen LogP contribution < -0.4 is 5.32 Å². The minimum atomic E-state index is -0.249. The largest absolute Gasteiger partial charge is 0.339 e. The molecule has 2 N–H and O–H groups in total. The summed E-state index contributed by atoms with van der Waals surface area (Å²) in [6, 6.07) is 12.8. The fraction of sp³-hybridized carbons (Fsp3) is 0.355. The van der Waals surface area contributed by atoms with Crippen LogP contribution in [0.2, 0.25) is 10.0 Å². The summed E-state index contributed by atoms with van der Waals surface area (Å²) in [5.41, 5.74) is 5.78. The Morgan fingerprint density at radius 3 is 2.61 bits per heavy atom. The van der Waals surface area contributed by atoms with E-state index in [9.17, 15) is 4.79 Å². The van der Waals surface area contributed by atoms with Crippen molar-refractivity contribution in [3.63, 3.8) is 0 Å². The van der Waals surface area contributed by atoms with E-state index in [1.807, 2.05) is 31.4 Å². The molecule has 3 aromatic rings. The van der Waals surface area contributed by atoms with Crippen molar-refractivity contribution in [1.29, 1.82) is 5.41 Å². The smallest absolute Gasteiger partial charge is 0.257 e. The maximum absolute atomic E-state index is 13.1. The number of aryl methyl sites for hydroxylation is 1. The quantitative estimate of drug-likeness (QED) is 0.153. The lowest BCUT2D eigenvalue weighted by molar-refractivity contribution is 0.0785. The summed E-state index contributed by atoms with van der Waals surface area (Å²) in [5.74, 6) is -0.249. The maximum atomic E-state index is 13.1. The van der Waals surface area contributed by atoms with Gasteiger partial charge in [0.1, 0.15) is 0 Å². The van der Waals surface area contributed by atoms with Crippen molar-refractivity contribution >= 4 is 35.4 Å². The summed E-state index contributed by atoms with van der Waals surface area (Å²) in [4.78, 5) is 27.7. The summed E-state index contributed by atoms with van der Waals surface area (Å²) in [5, 5.41) is 11.4. The van der Waals surface area contributed by atoms with Gasteiger partial charge >= 0.3 is 0 Å². The molecule has 0 fully saturated rings. The molecule has 4 rings (SSSR count). The molecule has 0 aliphatic heterocycles. The van der Waals surface area contributed by atoms with Crippen LogP contribution in [-0.2, 0) is 19.5 Å². The number of hydrogen-bond acceptors (Lipinski definition) is 6. The van der Waals surface area contributed by atoms with Gasteiger partial charge in [0.15, 0.2) is 0 Å². The van der Waals surface area contributed by atoms with Crippen LogP contribution in [0.1, 0.15) is 51.6 Å². The summed E-state index contributed by atoms with van der Waals surface area (Å²) in [6.07, 6.45) is 9.25. The predicted octanol–water partition coefficient (Wildman–Crippen LogP) is 5.58. The van der Waals surface area contributed by atoms with Gasteiger partial charge in [0.2, 0.25) is 0 Å². The first kappa shape index (κ1) is 30.7. The lowest BCUT2D eigenvalue weighted by Gasteiger charge is -2.35. The molecule has 0 spiro atoms. The van der Waals surface area contributed by atoms with E-state index in [1.165, 1.54) is 35.6 Å². The molecule has 8 nitrogen and oxygen atoms in total. The highest BCUT2D eigenvalue weighted by molar-refractivity contribution is 6.39. The molecule has 41 heavy (non-hydrogen) atoms. The van der Waals surface area contributed by atoms with Crippen LogP contribution in [0, 0.1) is 5.41 Å². The third kappa shape index (κ3) is 7.92. The molecule has 0 saturated heterocycles. The third-order valence-electron chi connectivity index (χ3n) is 7.41. The lowest BCUT2D eigenvalue weighted by Crippen LogP contribution is -2.38. The van der Waals surface area contributed by atoms with E-state index in [2.05, 4.69) is 40.0 Å². The number of fused-ring (bicyclic) bond motifs is 1. The Bertz CT molecular complexity index is 1360. The van der Waals surface area contributed by atoms with E-state index in [4.69, 9.17) is 33.6 Å². The van der Waals surface area contributed by atoms with Gasteiger partial charge in [-0.15, -0.1) is 0 Å². The number of nitrogens with zero attached hydrogens (tertiary/aromatic N) is 5. The van der Waals surface area contributed by atoms with Crippen LogP contribution in [0.25, 0.3) is 0 Å². The van der Waals surface area contributed by atoms with Gasteiger partial charge in [0.05, 0.1) is 33.7 Å².